The van der Waals surface area contributed by atoms with Gasteiger partial charge in [-0.3, -0.25) is 0 Å². The predicted octanol–water partition coefficient (Wildman–Crippen LogP) is -0.369. The number of nitrogens with one attached hydrogen (secondary N) is 2. The molecule has 0 unspecified atom stereocenters. The number of rotatable bonds is 2. The van der Waals surface area contributed by atoms with Gasteiger partial charge in [0.25, 0.3) is 0 Å². The molecule has 1 aliphatic heterocycles. The van der Waals surface area contributed by atoms with Gasteiger partial charge >= 0.3 is 6.09 Å². The predicted molar refractivity (Wildman–Crippen MR) is 43.2 cm³/mol. The van der Waals surface area contributed by atoms with Crippen molar-refractivity contribution in [3.8, 4) is 0 Å². The zero-order chi connectivity index (χ0) is 8.97. The summed E-state index contributed by atoms with van der Waals surface area (Å²) < 4.78 is 5.12. The summed E-state index contributed by atoms with van der Waals surface area (Å²) in [5.74, 6) is 0. The molecule has 70 valence electrons. The summed E-state index contributed by atoms with van der Waals surface area (Å²) in [4.78, 5) is 10.3. The number of carbonyl (C=O) groups is 1. The number of ether oxygens (including phenoxy) is 1. The molecule has 1 heterocycles. The lowest BCUT2D eigenvalue weighted by Crippen LogP contribution is -2.53. The van der Waals surface area contributed by atoms with Gasteiger partial charge in [-0.25, -0.2) is 4.79 Å². The number of methoxy groups -OCH3 is 1. The Hall–Kier alpha value is -0.810. The highest BCUT2D eigenvalue weighted by molar-refractivity contribution is 5.64. The van der Waals surface area contributed by atoms with Crippen molar-refractivity contribution in [1.29, 1.82) is 0 Å². The summed E-state index contributed by atoms with van der Waals surface area (Å²) in [5.41, 5.74) is 0. The molecule has 3 N–H and O–H groups in total. The lowest BCUT2D eigenvalue weighted by atomic mass is 10.0. The number of amides is 1. The zero-order valence-electron chi connectivity index (χ0n) is 7.04. The van der Waals surface area contributed by atoms with Gasteiger partial charge < -0.3 is 20.5 Å². The van der Waals surface area contributed by atoms with E-state index in [-0.39, 0.29) is 12.1 Å². The van der Waals surface area contributed by atoms with Crippen molar-refractivity contribution in [2.75, 3.05) is 20.2 Å². The molecule has 1 amide bonds. The molecule has 1 rings (SSSR count). The van der Waals surface area contributed by atoms with E-state index in [1.54, 1.807) is 7.11 Å². The Balaban J connectivity index is 2.41. The fourth-order valence-corrected chi connectivity index (χ4v) is 1.40. The molecule has 0 radical (unpaired) electrons. The molecule has 5 heteroatoms. The number of piperidine rings is 1. The van der Waals surface area contributed by atoms with E-state index in [0.717, 1.165) is 13.0 Å². The second kappa shape index (κ2) is 4.27. The van der Waals surface area contributed by atoms with Crippen LogP contribution >= 0.6 is 0 Å². The fraction of sp³-hybridized carbons (Fsp3) is 0.857. The molecule has 2 atom stereocenters. The van der Waals surface area contributed by atoms with Gasteiger partial charge in [0, 0.05) is 13.7 Å². The first-order valence-corrected chi connectivity index (χ1v) is 3.97. The van der Waals surface area contributed by atoms with Crippen molar-refractivity contribution in [2.45, 2.75) is 18.6 Å². The van der Waals surface area contributed by atoms with Crippen LogP contribution < -0.4 is 10.6 Å². The Kier molecular flexibility index (Phi) is 3.31. The van der Waals surface area contributed by atoms with E-state index in [9.17, 15) is 4.79 Å². The van der Waals surface area contributed by atoms with Crippen molar-refractivity contribution in [2.24, 2.45) is 0 Å². The lowest BCUT2D eigenvalue weighted by Gasteiger charge is -2.30. The Morgan fingerprint density at radius 3 is 3.08 bits per heavy atom. The van der Waals surface area contributed by atoms with E-state index in [2.05, 4.69) is 10.6 Å². The molecule has 0 aromatic carbocycles. The summed E-state index contributed by atoms with van der Waals surface area (Å²) in [6, 6.07) is -0.0752. The van der Waals surface area contributed by atoms with E-state index in [0.29, 0.717) is 6.54 Å². The van der Waals surface area contributed by atoms with Crippen molar-refractivity contribution >= 4 is 6.09 Å². The quantitative estimate of drug-likeness (QED) is 0.534. The minimum absolute atomic E-state index is 0.0464. The van der Waals surface area contributed by atoms with Gasteiger partial charge in [0.2, 0.25) is 0 Å². The summed E-state index contributed by atoms with van der Waals surface area (Å²) in [7, 11) is 1.59. The zero-order valence-corrected chi connectivity index (χ0v) is 7.04. The van der Waals surface area contributed by atoms with E-state index >= 15 is 0 Å². The van der Waals surface area contributed by atoms with E-state index in [1.165, 1.54) is 0 Å². The third-order valence-electron chi connectivity index (χ3n) is 2.04. The monoisotopic (exact) mass is 174 g/mol. The van der Waals surface area contributed by atoms with Crippen LogP contribution in [0.1, 0.15) is 6.42 Å². The topological polar surface area (TPSA) is 70.6 Å². The van der Waals surface area contributed by atoms with Crippen LogP contribution in [0.2, 0.25) is 0 Å². The highest BCUT2D eigenvalue weighted by Crippen LogP contribution is 2.06. The van der Waals surface area contributed by atoms with Crippen LogP contribution in [0.4, 0.5) is 4.79 Å². The second-order valence-corrected chi connectivity index (χ2v) is 2.82. The first kappa shape index (κ1) is 9.28. The molecule has 5 nitrogen and oxygen atoms in total. The average molecular weight is 174 g/mol. The normalized spacial score (nSPS) is 29.8. The fourth-order valence-electron chi connectivity index (χ4n) is 1.40. The maximum Gasteiger partial charge on any atom is 0.404 e. The first-order valence-electron chi connectivity index (χ1n) is 3.97. The summed E-state index contributed by atoms with van der Waals surface area (Å²) in [5, 5.41) is 14.1. The van der Waals surface area contributed by atoms with E-state index in [4.69, 9.17) is 9.84 Å². The minimum atomic E-state index is -0.982. The van der Waals surface area contributed by atoms with Crippen LogP contribution in [-0.4, -0.2) is 43.5 Å². The van der Waals surface area contributed by atoms with Crippen LogP contribution in [0.25, 0.3) is 0 Å². The highest BCUT2D eigenvalue weighted by atomic mass is 16.5. The summed E-state index contributed by atoms with van der Waals surface area (Å²) in [6.07, 6.45) is -0.246. The van der Waals surface area contributed by atoms with Crippen LogP contribution in [0.15, 0.2) is 0 Å². The Morgan fingerprint density at radius 2 is 2.50 bits per heavy atom. The molecule has 1 fully saturated rings. The number of hydrogen-bond acceptors (Lipinski definition) is 3. The van der Waals surface area contributed by atoms with Crippen molar-refractivity contribution in [3.63, 3.8) is 0 Å². The third kappa shape index (κ3) is 2.35. The Morgan fingerprint density at radius 1 is 1.75 bits per heavy atom. The van der Waals surface area contributed by atoms with Crippen LogP contribution in [0, 0.1) is 0 Å². The Labute approximate surface area is 71.1 Å². The summed E-state index contributed by atoms with van der Waals surface area (Å²) in [6.45, 7) is 1.55. The van der Waals surface area contributed by atoms with Crippen LogP contribution in [0.5, 0.6) is 0 Å². The first-order chi connectivity index (χ1) is 5.74. The molecular formula is C7H14N2O3. The second-order valence-electron chi connectivity index (χ2n) is 2.82. The minimum Gasteiger partial charge on any atom is -0.465 e. The smallest absolute Gasteiger partial charge is 0.404 e. The van der Waals surface area contributed by atoms with Crippen molar-refractivity contribution in [1.82, 2.24) is 10.6 Å². The lowest BCUT2D eigenvalue weighted by molar-refractivity contribution is 0.0517. The number of carboxylic acid groups (broad SMARTS) is 1. The van der Waals surface area contributed by atoms with Gasteiger partial charge in [0.1, 0.15) is 0 Å². The van der Waals surface area contributed by atoms with Gasteiger partial charge in [0.05, 0.1) is 12.1 Å². The van der Waals surface area contributed by atoms with Gasteiger partial charge in [-0.05, 0) is 13.0 Å². The molecular weight excluding hydrogens is 160 g/mol. The van der Waals surface area contributed by atoms with Gasteiger partial charge in [-0.2, -0.15) is 0 Å². The van der Waals surface area contributed by atoms with Gasteiger partial charge in [0.15, 0.2) is 0 Å². The highest BCUT2D eigenvalue weighted by Gasteiger charge is 2.25. The van der Waals surface area contributed by atoms with Crippen molar-refractivity contribution in [3.05, 3.63) is 0 Å². The molecule has 12 heavy (non-hydrogen) atoms. The largest absolute Gasteiger partial charge is 0.465 e. The summed E-state index contributed by atoms with van der Waals surface area (Å²) >= 11 is 0. The van der Waals surface area contributed by atoms with Gasteiger partial charge in [-0.1, -0.05) is 0 Å². The molecule has 0 aromatic rings. The molecule has 0 bridgehead atoms. The van der Waals surface area contributed by atoms with Crippen LogP contribution in [-0.2, 0) is 4.74 Å². The molecule has 1 saturated heterocycles. The maximum absolute atomic E-state index is 10.3. The van der Waals surface area contributed by atoms with Crippen LogP contribution in [0.3, 0.4) is 0 Å². The standard InChI is InChI=1S/C7H14N2O3/c1-12-6-4-8-3-2-5(6)9-7(10)11/h5-6,8-9H,2-4H2,1H3,(H,10,11)/t5-,6-/m1/s1. The Bertz CT molecular complexity index is 163. The SMILES string of the molecule is CO[C@@H]1CNCC[C@H]1NC(=O)O. The third-order valence-corrected chi connectivity index (χ3v) is 2.04. The molecule has 1 aliphatic rings. The molecule has 0 saturated carbocycles. The molecule has 0 spiro atoms. The molecule has 0 aromatic heterocycles. The molecule has 0 aliphatic carbocycles. The number of hydrogen-bond donors (Lipinski definition) is 3. The van der Waals surface area contributed by atoms with E-state index < -0.39 is 6.09 Å². The van der Waals surface area contributed by atoms with Crippen molar-refractivity contribution < 1.29 is 14.6 Å². The average Bonchev–Trinajstić information content (AvgIpc) is 2.04. The maximum atomic E-state index is 10.3. The van der Waals surface area contributed by atoms with E-state index in [1.807, 2.05) is 0 Å². The van der Waals surface area contributed by atoms with Gasteiger partial charge in [-0.15, -0.1) is 0 Å².